The van der Waals surface area contributed by atoms with E-state index in [9.17, 15) is 19.5 Å². The summed E-state index contributed by atoms with van der Waals surface area (Å²) < 4.78 is 11.6. The maximum Gasteiger partial charge on any atom is 0.338 e. The van der Waals surface area contributed by atoms with E-state index in [1.54, 1.807) is 37.3 Å². The second-order valence-electron chi connectivity index (χ2n) is 11.2. The van der Waals surface area contributed by atoms with Gasteiger partial charge in [0, 0.05) is 6.92 Å². The number of aliphatic hydroxyl groups is 1. The number of Topliss-reactive ketones (excluding diaryl/α,β-unsaturated/α-hetero) is 1. The first-order valence-corrected chi connectivity index (χ1v) is 12.4. The molecule has 0 aromatic heterocycles. The SMILES string of the molecule is CC(=O)O[C@@H]1C[C@@H]2[C@H](/C=C(/C)C(=O)[C@@]3(O)C[C@@H](C)[C@H](OC(=O)c4ccccc4)[C@@H]3/C=C\1C)C2(C)C. The van der Waals surface area contributed by atoms with E-state index in [-0.39, 0.29) is 41.3 Å². The van der Waals surface area contributed by atoms with Crippen LogP contribution in [0.3, 0.4) is 0 Å². The van der Waals surface area contributed by atoms with Crippen LogP contribution in [0.1, 0.15) is 64.7 Å². The van der Waals surface area contributed by atoms with Crippen LogP contribution in [0.4, 0.5) is 0 Å². The van der Waals surface area contributed by atoms with Crippen LogP contribution in [0.15, 0.2) is 53.6 Å². The van der Waals surface area contributed by atoms with Crippen LogP contribution in [0, 0.1) is 29.1 Å². The van der Waals surface area contributed by atoms with E-state index in [1.165, 1.54) is 6.92 Å². The molecule has 7 atom stereocenters. The molecule has 3 aliphatic rings. The van der Waals surface area contributed by atoms with E-state index >= 15 is 0 Å². The largest absolute Gasteiger partial charge is 0.458 e. The Morgan fingerprint density at radius 2 is 1.69 bits per heavy atom. The van der Waals surface area contributed by atoms with Crippen molar-refractivity contribution in [2.24, 2.45) is 29.1 Å². The van der Waals surface area contributed by atoms with Gasteiger partial charge < -0.3 is 14.6 Å². The molecule has 0 heterocycles. The number of ketones is 1. The number of hydrogen-bond donors (Lipinski definition) is 1. The summed E-state index contributed by atoms with van der Waals surface area (Å²) in [5.74, 6) is -1.81. The Morgan fingerprint density at radius 3 is 2.31 bits per heavy atom. The number of carbonyl (C=O) groups excluding carboxylic acids is 3. The van der Waals surface area contributed by atoms with Gasteiger partial charge in [0.2, 0.25) is 0 Å². The minimum atomic E-state index is -1.72. The third-order valence-electron chi connectivity index (χ3n) is 8.40. The highest BCUT2D eigenvalue weighted by molar-refractivity contribution is 6.02. The Hall–Kier alpha value is -2.73. The smallest absolute Gasteiger partial charge is 0.338 e. The minimum Gasteiger partial charge on any atom is -0.458 e. The first-order chi connectivity index (χ1) is 16.4. The van der Waals surface area contributed by atoms with Gasteiger partial charge >= 0.3 is 11.9 Å². The van der Waals surface area contributed by atoms with Crippen LogP contribution >= 0.6 is 0 Å². The molecule has 6 heteroatoms. The maximum atomic E-state index is 13.7. The molecule has 6 nitrogen and oxygen atoms in total. The zero-order chi connectivity index (χ0) is 25.7. The summed E-state index contributed by atoms with van der Waals surface area (Å²) >= 11 is 0. The molecule has 0 saturated heterocycles. The van der Waals surface area contributed by atoms with E-state index in [0.29, 0.717) is 17.6 Å². The summed E-state index contributed by atoms with van der Waals surface area (Å²) in [5.41, 5.74) is -0.0552. The molecule has 0 unspecified atom stereocenters. The van der Waals surface area contributed by atoms with Gasteiger partial charge in [-0.05, 0) is 73.1 Å². The monoisotopic (exact) mass is 480 g/mol. The number of ether oxygens (including phenoxy) is 2. The molecule has 1 aromatic rings. The molecule has 1 aromatic carbocycles. The highest BCUT2D eigenvalue weighted by atomic mass is 16.5. The third-order valence-corrected chi connectivity index (χ3v) is 8.40. The zero-order valence-corrected chi connectivity index (χ0v) is 21.4. The van der Waals surface area contributed by atoms with Crippen molar-refractivity contribution < 1.29 is 29.0 Å². The molecule has 0 spiro atoms. The summed E-state index contributed by atoms with van der Waals surface area (Å²) in [6.07, 6.45) is 3.40. The number of rotatable bonds is 3. The van der Waals surface area contributed by atoms with Crippen LogP contribution in [0.25, 0.3) is 0 Å². The molecule has 188 valence electrons. The Morgan fingerprint density at radius 1 is 1.03 bits per heavy atom. The lowest BCUT2D eigenvalue weighted by atomic mass is 9.81. The lowest BCUT2D eigenvalue weighted by Crippen LogP contribution is -2.45. The Kier molecular flexibility index (Phi) is 6.56. The fourth-order valence-corrected chi connectivity index (χ4v) is 6.20. The zero-order valence-electron chi connectivity index (χ0n) is 21.4. The van der Waals surface area contributed by atoms with Crippen LogP contribution in [0.2, 0.25) is 0 Å². The highest BCUT2D eigenvalue weighted by Crippen LogP contribution is 2.62. The molecule has 1 N–H and O–H groups in total. The van der Waals surface area contributed by atoms with Crippen molar-refractivity contribution in [3.8, 4) is 0 Å². The molecule has 0 radical (unpaired) electrons. The predicted octanol–water partition coefficient (Wildman–Crippen LogP) is 4.67. The van der Waals surface area contributed by atoms with Gasteiger partial charge in [0.15, 0.2) is 5.78 Å². The van der Waals surface area contributed by atoms with Gasteiger partial charge in [-0.15, -0.1) is 0 Å². The fourth-order valence-electron chi connectivity index (χ4n) is 6.20. The van der Waals surface area contributed by atoms with Crippen LogP contribution in [-0.4, -0.2) is 40.6 Å². The lowest BCUT2D eigenvalue weighted by Gasteiger charge is -2.31. The molecule has 35 heavy (non-hydrogen) atoms. The van der Waals surface area contributed by atoms with Gasteiger partial charge in [0.25, 0.3) is 0 Å². The third kappa shape index (κ3) is 4.61. The number of carbonyl (C=O) groups is 3. The van der Waals surface area contributed by atoms with Crippen LogP contribution in [-0.2, 0) is 19.1 Å². The van der Waals surface area contributed by atoms with Gasteiger partial charge in [-0.25, -0.2) is 4.79 Å². The Bertz CT molecular complexity index is 1080. The molecule has 4 rings (SSSR count). The molecule has 0 bridgehead atoms. The number of benzene rings is 1. The molecular formula is C29H36O6. The summed E-state index contributed by atoms with van der Waals surface area (Å²) in [6, 6.07) is 8.69. The van der Waals surface area contributed by atoms with Crippen molar-refractivity contribution in [3.05, 3.63) is 59.2 Å². The molecule has 0 aliphatic heterocycles. The van der Waals surface area contributed by atoms with Gasteiger partial charge in [-0.3, -0.25) is 9.59 Å². The van der Waals surface area contributed by atoms with Gasteiger partial charge in [0.05, 0.1) is 11.5 Å². The van der Waals surface area contributed by atoms with Crippen LogP contribution in [0.5, 0.6) is 0 Å². The van der Waals surface area contributed by atoms with Crippen molar-refractivity contribution in [2.45, 2.75) is 72.2 Å². The normalized spacial score (nSPS) is 39.0. The average Bonchev–Trinajstić information content (AvgIpc) is 3.20. The minimum absolute atomic E-state index is 0.0296. The lowest BCUT2D eigenvalue weighted by molar-refractivity contribution is -0.145. The van der Waals surface area contributed by atoms with Crippen molar-refractivity contribution in [2.75, 3.05) is 0 Å². The summed E-state index contributed by atoms with van der Waals surface area (Å²) in [5, 5.41) is 11.9. The second-order valence-corrected chi connectivity index (χ2v) is 11.2. The molecule has 0 amide bonds. The first-order valence-electron chi connectivity index (χ1n) is 12.4. The highest BCUT2D eigenvalue weighted by Gasteiger charge is 2.60. The summed E-state index contributed by atoms with van der Waals surface area (Å²) in [6.45, 7) is 11.2. The summed E-state index contributed by atoms with van der Waals surface area (Å²) in [4.78, 5) is 38.6. The number of fused-ring (bicyclic) bond motifs is 2. The average molecular weight is 481 g/mol. The van der Waals surface area contributed by atoms with Gasteiger partial charge in [0.1, 0.15) is 17.8 Å². The quantitative estimate of drug-likeness (QED) is 0.500. The van der Waals surface area contributed by atoms with E-state index < -0.39 is 29.7 Å². The van der Waals surface area contributed by atoms with E-state index in [0.717, 1.165) is 5.57 Å². The van der Waals surface area contributed by atoms with Gasteiger partial charge in [-0.2, -0.15) is 0 Å². The number of esters is 2. The maximum absolute atomic E-state index is 13.7. The summed E-state index contributed by atoms with van der Waals surface area (Å²) in [7, 11) is 0. The van der Waals surface area contributed by atoms with Crippen LogP contribution < -0.4 is 0 Å². The van der Waals surface area contributed by atoms with Crippen molar-refractivity contribution in [1.82, 2.24) is 0 Å². The van der Waals surface area contributed by atoms with E-state index in [1.807, 2.05) is 26.0 Å². The Balaban J connectivity index is 1.76. The number of allylic oxidation sites excluding steroid dienone is 1. The van der Waals surface area contributed by atoms with Crippen molar-refractivity contribution in [1.29, 1.82) is 0 Å². The molecule has 2 saturated carbocycles. The van der Waals surface area contributed by atoms with Gasteiger partial charge in [-0.1, -0.05) is 51.1 Å². The molecule has 2 fully saturated rings. The fraction of sp³-hybridized carbons (Fsp3) is 0.552. The second kappa shape index (κ2) is 9.05. The first kappa shape index (κ1) is 25.4. The number of hydrogen-bond acceptors (Lipinski definition) is 6. The van der Waals surface area contributed by atoms with Crippen molar-refractivity contribution in [3.63, 3.8) is 0 Å². The van der Waals surface area contributed by atoms with E-state index in [2.05, 4.69) is 13.8 Å². The predicted molar refractivity (Wildman–Crippen MR) is 131 cm³/mol. The molecule has 3 aliphatic carbocycles. The van der Waals surface area contributed by atoms with E-state index in [4.69, 9.17) is 9.47 Å². The van der Waals surface area contributed by atoms with Crippen molar-refractivity contribution >= 4 is 17.7 Å². The topological polar surface area (TPSA) is 89.9 Å². The standard InChI is InChI=1S/C29H36O6/c1-16-12-23-25(35-27(32)20-10-8-7-9-11-20)18(3)15-29(23,33)26(31)17(2)13-21-22(28(21,5)6)14-24(16)34-19(4)30/h7-13,18,21-25,33H,14-15H2,1-6H3/b16-12-,17-13-/t18-,21+,22-,23+,24-,25+,29-/m1/s1. The Labute approximate surface area is 207 Å². The molecular weight excluding hydrogens is 444 g/mol.